The van der Waals surface area contributed by atoms with Crippen LogP contribution in [0.5, 0.6) is 0 Å². The molecule has 1 saturated carbocycles. The Morgan fingerprint density at radius 2 is 1.60 bits per heavy atom. The maximum absolute atomic E-state index is 14.1. The Balaban J connectivity index is 1.75. The Bertz CT molecular complexity index is 1510. The molecule has 0 aromatic heterocycles. The molecule has 0 radical (unpaired) electrons. The fourth-order valence-corrected chi connectivity index (χ4v) is 6.68. The summed E-state index contributed by atoms with van der Waals surface area (Å²) < 4.78 is 69.5. The van der Waals surface area contributed by atoms with Crippen LogP contribution in [0, 0.1) is 6.92 Å². The molecule has 1 aliphatic rings. The molecule has 43 heavy (non-hydrogen) atoms. The molecule has 2 amide bonds. The van der Waals surface area contributed by atoms with Crippen molar-refractivity contribution in [3.8, 4) is 0 Å². The van der Waals surface area contributed by atoms with Crippen molar-refractivity contribution >= 4 is 27.5 Å². The van der Waals surface area contributed by atoms with E-state index in [9.17, 15) is 31.2 Å². The SMILES string of the molecule is CC[C@H](C(=O)NC1CCCC1)N(Cc1ccccc1)C(=O)CN(c1cccc(C(F)(F)F)c1)S(=O)(=O)c1ccc(C)cc1. The van der Waals surface area contributed by atoms with E-state index < -0.39 is 40.3 Å². The first-order valence-corrected chi connectivity index (χ1v) is 15.7. The Kier molecular flexibility index (Phi) is 10.2. The lowest BCUT2D eigenvalue weighted by Crippen LogP contribution is -2.53. The van der Waals surface area contributed by atoms with Crippen molar-refractivity contribution in [2.75, 3.05) is 10.8 Å². The lowest BCUT2D eigenvalue weighted by Gasteiger charge is -2.34. The van der Waals surface area contributed by atoms with Gasteiger partial charge in [-0.25, -0.2) is 8.42 Å². The second kappa shape index (κ2) is 13.6. The standard InChI is InChI=1S/C32H36F3N3O4S/c1-3-29(31(40)36-26-13-7-8-14-26)37(21-24-10-5-4-6-11-24)30(39)22-38(27-15-9-12-25(20-27)32(33,34)35)43(41,42)28-18-16-23(2)17-19-28/h4-6,9-12,15-20,26,29H,3,7-8,13-14,21-22H2,1-2H3,(H,36,40)/t29-/m1/s1. The van der Waals surface area contributed by atoms with E-state index in [1.165, 1.54) is 23.1 Å². The van der Waals surface area contributed by atoms with Gasteiger partial charge in [0, 0.05) is 12.6 Å². The van der Waals surface area contributed by atoms with E-state index in [4.69, 9.17) is 0 Å². The smallest absolute Gasteiger partial charge is 0.352 e. The summed E-state index contributed by atoms with van der Waals surface area (Å²) >= 11 is 0. The van der Waals surface area contributed by atoms with Gasteiger partial charge in [-0.3, -0.25) is 13.9 Å². The topological polar surface area (TPSA) is 86.8 Å². The van der Waals surface area contributed by atoms with Gasteiger partial charge in [-0.2, -0.15) is 13.2 Å². The number of carbonyl (C=O) groups excluding carboxylic acids is 2. The molecule has 1 aliphatic carbocycles. The fourth-order valence-electron chi connectivity index (χ4n) is 5.27. The molecule has 0 heterocycles. The Hall–Kier alpha value is -3.86. The zero-order valence-corrected chi connectivity index (χ0v) is 25.0. The van der Waals surface area contributed by atoms with Crippen molar-refractivity contribution in [2.24, 2.45) is 0 Å². The number of hydrogen-bond donors (Lipinski definition) is 1. The van der Waals surface area contributed by atoms with E-state index in [0.29, 0.717) is 10.4 Å². The predicted molar refractivity (Wildman–Crippen MR) is 159 cm³/mol. The third-order valence-electron chi connectivity index (χ3n) is 7.63. The van der Waals surface area contributed by atoms with Gasteiger partial charge < -0.3 is 10.2 Å². The molecule has 1 atom stereocenters. The summed E-state index contributed by atoms with van der Waals surface area (Å²) in [6.07, 6.45) is -0.802. The molecular weight excluding hydrogens is 579 g/mol. The summed E-state index contributed by atoms with van der Waals surface area (Å²) in [6.45, 7) is 2.74. The van der Waals surface area contributed by atoms with Crippen molar-refractivity contribution in [2.45, 2.75) is 75.7 Å². The number of aryl methyl sites for hydroxylation is 1. The van der Waals surface area contributed by atoms with Gasteiger partial charge in [0.05, 0.1) is 16.1 Å². The number of hydrogen-bond acceptors (Lipinski definition) is 4. The van der Waals surface area contributed by atoms with Gasteiger partial charge in [-0.05, 0) is 62.1 Å². The van der Waals surface area contributed by atoms with Gasteiger partial charge in [-0.15, -0.1) is 0 Å². The molecule has 1 N–H and O–H groups in total. The van der Waals surface area contributed by atoms with Crippen molar-refractivity contribution < 1.29 is 31.2 Å². The normalized spacial score (nSPS) is 14.7. The number of halogens is 3. The third-order valence-corrected chi connectivity index (χ3v) is 9.42. The lowest BCUT2D eigenvalue weighted by molar-refractivity contribution is -0.140. The molecule has 1 fully saturated rings. The number of sulfonamides is 1. The first-order chi connectivity index (χ1) is 20.4. The summed E-state index contributed by atoms with van der Waals surface area (Å²) in [5.41, 5.74) is 0.140. The molecule has 4 rings (SSSR count). The number of nitrogens with zero attached hydrogens (tertiary/aromatic N) is 2. The maximum Gasteiger partial charge on any atom is 0.416 e. The minimum Gasteiger partial charge on any atom is -0.352 e. The summed E-state index contributed by atoms with van der Waals surface area (Å²) in [6, 6.07) is 17.8. The van der Waals surface area contributed by atoms with Crippen LogP contribution < -0.4 is 9.62 Å². The van der Waals surface area contributed by atoms with E-state index in [1.54, 1.807) is 50.2 Å². The summed E-state index contributed by atoms with van der Waals surface area (Å²) in [5.74, 6) is -1.06. The highest BCUT2D eigenvalue weighted by molar-refractivity contribution is 7.92. The average molecular weight is 616 g/mol. The maximum atomic E-state index is 14.1. The number of benzene rings is 3. The van der Waals surface area contributed by atoms with Crippen LogP contribution in [0.25, 0.3) is 0 Å². The monoisotopic (exact) mass is 615 g/mol. The van der Waals surface area contributed by atoms with Crippen molar-refractivity contribution in [1.82, 2.24) is 10.2 Å². The van der Waals surface area contributed by atoms with Gasteiger partial charge in [0.25, 0.3) is 10.0 Å². The fraction of sp³-hybridized carbons (Fsp3) is 0.375. The van der Waals surface area contributed by atoms with Crippen LogP contribution in [-0.4, -0.2) is 43.8 Å². The zero-order valence-electron chi connectivity index (χ0n) is 24.2. The zero-order chi connectivity index (χ0) is 31.2. The van der Waals surface area contributed by atoms with Crippen LogP contribution in [0.1, 0.15) is 55.7 Å². The van der Waals surface area contributed by atoms with Gasteiger partial charge >= 0.3 is 6.18 Å². The largest absolute Gasteiger partial charge is 0.416 e. The van der Waals surface area contributed by atoms with Gasteiger partial charge in [0.1, 0.15) is 12.6 Å². The second-order valence-corrected chi connectivity index (χ2v) is 12.7. The molecule has 0 unspecified atom stereocenters. The van der Waals surface area contributed by atoms with Crippen LogP contribution in [0.2, 0.25) is 0 Å². The molecule has 3 aromatic rings. The van der Waals surface area contributed by atoms with E-state index in [-0.39, 0.29) is 35.5 Å². The lowest BCUT2D eigenvalue weighted by atomic mass is 10.1. The van der Waals surface area contributed by atoms with Gasteiger partial charge in [0.15, 0.2) is 0 Å². The number of nitrogens with one attached hydrogen (secondary N) is 1. The third kappa shape index (κ3) is 7.95. The highest BCUT2D eigenvalue weighted by Gasteiger charge is 2.36. The molecule has 0 bridgehead atoms. The Labute approximate surface area is 250 Å². The van der Waals surface area contributed by atoms with Crippen LogP contribution in [0.3, 0.4) is 0 Å². The number of anilines is 1. The molecule has 7 nitrogen and oxygen atoms in total. The molecule has 0 spiro atoms. The molecule has 0 aliphatic heterocycles. The molecule has 3 aromatic carbocycles. The minimum atomic E-state index is -4.73. The van der Waals surface area contributed by atoms with Crippen LogP contribution in [-0.2, 0) is 32.3 Å². The highest BCUT2D eigenvalue weighted by Crippen LogP contribution is 2.33. The molecule has 11 heteroatoms. The van der Waals surface area contributed by atoms with Crippen LogP contribution in [0.15, 0.2) is 83.8 Å². The highest BCUT2D eigenvalue weighted by atomic mass is 32.2. The van der Waals surface area contributed by atoms with Crippen molar-refractivity contribution in [1.29, 1.82) is 0 Å². The van der Waals surface area contributed by atoms with E-state index >= 15 is 0 Å². The summed E-state index contributed by atoms with van der Waals surface area (Å²) in [7, 11) is -4.49. The quantitative estimate of drug-likeness (QED) is 0.284. The first-order valence-electron chi connectivity index (χ1n) is 14.3. The molecular formula is C32H36F3N3O4S. The van der Waals surface area contributed by atoms with Gasteiger partial charge in [0.2, 0.25) is 11.8 Å². The van der Waals surface area contributed by atoms with Crippen LogP contribution in [0.4, 0.5) is 18.9 Å². The van der Waals surface area contributed by atoms with E-state index in [2.05, 4.69) is 5.32 Å². The first kappa shape index (κ1) is 32.1. The Morgan fingerprint density at radius 1 is 0.953 bits per heavy atom. The number of carbonyl (C=O) groups is 2. The Morgan fingerprint density at radius 3 is 2.21 bits per heavy atom. The van der Waals surface area contributed by atoms with E-state index in [0.717, 1.165) is 48.9 Å². The van der Waals surface area contributed by atoms with Crippen LogP contribution >= 0.6 is 0 Å². The van der Waals surface area contributed by atoms with Crippen molar-refractivity contribution in [3.63, 3.8) is 0 Å². The predicted octanol–water partition coefficient (Wildman–Crippen LogP) is 6.08. The van der Waals surface area contributed by atoms with E-state index in [1.807, 2.05) is 6.07 Å². The summed E-state index contributed by atoms with van der Waals surface area (Å²) in [5, 5.41) is 3.03. The molecule has 0 saturated heterocycles. The van der Waals surface area contributed by atoms with Gasteiger partial charge in [-0.1, -0.05) is 73.9 Å². The average Bonchev–Trinajstić information content (AvgIpc) is 3.49. The minimum absolute atomic E-state index is 0.00116. The second-order valence-electron chi connectivity index (χ2n) is 10.8. The summed E-state index contributed by atoms with van der Waals surface area (Å²) in [4.78, 5) is 28.7. The molecule has 230 valence electrons. The number of alkyl halides is 3. The number of rotatable bonds is 11. The number of amides is 2. The van der Waals surface area contributed by atoms with Crippen molar-refractivity contribution in [3.05, 3.63) is 95.6 Å².